The Bertz CT molecular complexity index is 605. The zero-order valence-corrected chi connectivity index (χ0v) is 21.7. The Morgan fingerprint density at radius 1 is 1.26 bits per heavy atom. The normalized spacial score (nSPS) is 21.2. The molecule has 1 atom stereocenters. The molecule has 31 heavy (non-hydrogen) atoms. The zero-order chi connectivity index (χ0) is 21.0. The van der Waals surface area contributed by atoms with Gasteiger partial charge in [-0.1, -0.05) is 6.92 Å². The van der Waals surface area contributed by atoms with Crippen molar-refractivity contribution in [2.75, 3.05) is 59.5 Å². The molecule has 1 aromatic heterocycles. The van der Waals surface area contributed by atoms with E-state index < -0.39 is 0 Å². The van der Waals surface area contributed by atoms with Crippen LogP contribution in [0.25, 0.3) is 0 Å². The topological polar surface area (TPSA) is 65.3 Å². The number of ether oxygens (including phenoxy) is 1. The molecule has 0 bridgehead atoms. The van der Waals surface area contributed by atoms with Gasteiger partial charge in [0.1, 0.15) is 5.76 Å². The molecule has 0 amide bonds. The molecule has 2 saturated heterocycles. The fraction of sp³-hybridized carbons (Fsp3) is 0.783. The van der Waals surface area contributed by atoms with Crippen LogP contribution in [-0.2, 0) is 11.2 Å². The minimum Gasteiger partial charge on any atom is -0.469 e. The summed E-state index contributed by atoms with van der Waals surface area (Å²) in [4.78, 5) is 10.1. The Balaban J connectivity index is 0.00000341. The van der Waals surface area contributed by atoms with Crippen molar-refractivity contribution in [2.45, 2.75) is 57.5 Å². The van der Waals surface area contributed by atoms with Crippen molar-refractivity contribution in [1.29, 1.82) is 0 Å². The van der Waals surface area contributed by atoms with Gasteiger partial charge in [-0.3, -0.25) is 9.89 Å². The Hall–Kier alpha value is -0.840. The van der Waals surface area contributed by atoms with Gasteiger partial charge >= 0.3 is 0 Å². The average molecular weight is 548 g/mol. The first-order valence-corrected chi connectivity index (χ1v) is 11.8. The molecule has 8 heteroatoms. The molecule has 3 heterocycles. The van der Waals surface area contributed by atoms with Crippen LogP contribution in [0.15, 0.2) is 27.8 Å². The molecule has 1 unspecified atom stereocenters. The van der Waals surface area contributed by atoms with Gasteiger partial charge in [0.15, 0.2) is 5.96 Å². The molecule has 7 nitrogen and oxygen atoms in total. The molecule has 2 aliphatic heterocycles. The van der Waals surface area contributed by atoms with Crippen LogP contribution < -0.4 is 10.6 Å². The van der Waals surface area contributed by atoms with Crippen molar-refractivity contribution < 1.29 is 9.15 Å². The van der Waals surface area contributed by atoms with Gasteiger partial charge < -0.3 is 24.7 Å². The predicted molar refractivity (Wildman–Crippen MR) is 137 cm³/mol. The molecule has 2 N–H and O–H groups in total. The molecule has 0 saturated carbocycles. The van der Waals surface area contributed by atoms with Gasteiger partial charge in [-0.2, -0.15) is 0 Å². The van der Waals surface area contributed by atoms with Crippen LogP contribution in [0.2, 0.25) is 0 Å². The number of halogens is 1. The van der Waals surface area contributed by atoms with Crippen molar-refractivity contribution in [3.63, 3.8) is 0 Å². The fourth-order valence-corrected chi connectivity index (χ4v) is 4.55. The van der Waals surface area contributed by atoms with E-state index in [0.29, 0.717) is 12.1 Å². The van der Waals surface area contributed by atoms with Crippen LogP contribution in [-0.4, -0.2) is 87.4 Å². The molecule has 0 aliphatic carbocycles. The second-order valence-corrected chi connectivity index (χ2v) is 8.48. The van der Waals surface area contributed by atoms with E-state index >= 15 is 0 Å². The third kappa shape index (κ3) is 9.27. The molecule has 178 valence electrons. The summed E-state index contributed by atoms with van der Waals surface area (Å²) in [6.07, 6.45) is 8.61. The first-order valence-electron chi connectivity index (χ1n) is 11.8. The van der Waals surface area contributed by atoms with E-state index in [4.69, 9.17) is 14.1 Å². The van der Waals surface area contributed by atoms with Crippen LogP contribution in [0.4, 0.5) is 0 Å². The van der Waals surface area contributed by atoms with Crippen molar-refractivity contribution in [3.05, 3.63) is 24.2 Å². The monoisotopic (exact) mass is 547 g/mol. The Morgan fingerprint density at radius 3 is 2.81 bits per heavy atom. The standard InChI is InChI=1S/C23H41N5O2.HI/c1-3-28-14-4-7-21(28)19-25-23(24-12-9-22-8-5-18-30-22)26-20-10-15-27(16-11-20)13-6-17-29-2;/h5,8,18,20-21H,3-4,6-7,9-17,19H2,1-2H3,(H2,24,25,26);1H. The Morgan fingerprint density at radius 2 is 2.10 bits per heavy atom. The van der Waals surface area contributed by atoms with E-state index in [1.165, 1.54) is 19.4 Å². The first-order chi connectivity index (χ1) is 14.8. The molecular formula is C23H42IN5O2. The zero-order valence-electron chi connectivity index (χ0n) is 19.4. The summed E-state index contributed by atoms with van der Waals surface area (Å²) in [7, 11) is 1.78. The van der Waals surface area contributed by atoms with Crippen molar-refractivity contribution in [1.82, 2.24) is 20.4 Å². The number of piperidine rings is 1. The number of aliphatic imine (C=N–C) groups is 1. The van der Waals surface area contributed by atoms with E-state index in [1.807, 2.05) is 12.1 Å². The highest BCUT2D eigenvalue weighted by Gasteiger charge is 2.23. The highest BCUT2D eigenvalue weighted by Crippen LogP contribution is 2.17. The summed E-state index contributed by atoms with van der Waals surface area (Å²) in [5.74, 6) is 1.97. The highest BCUT2D eigenvalue weighted by atomic mass is 127. The van der Waals surface area contributed by atoms with Gasteiger partial charge in [0.25, 0.3) is 0 Å². The third-order valence-corrected chi connectivity index (χ3v) is 6.36. The molecule has 3 rings (SSSR count). The van der Waals surface area contributed by atoms with E-state index in [-0.39, 0.29) is 24.0 Å². The summed E-state index contributed by atoms with van der Waals surface area (Å²) in [6.45, 7) is 10.6. The number of guanidine groups is 1. The number of furan rings is 1. The van der Waals surface area contributed by atoms with Gasteiger partial charge in [0.05, 0.1) is 12.8 Å². The van der Waals surface area contributed by atoms with Gasteiger partial charge in [-0.15, -0.1) is 24.0 Å². The summed E-state index contributed by atoms with van der Waals surface area (Å²) in [5, 5.41) is 7.26. The molecule has 0 spiro atoms. The van der Waals surface area contributed by atoms with E-state index in [9.17, 15) is 0 Å². The van der Waals surface area contributed by atoms with Gasteiger partial charge in [-0.25, -0.2) is 0 Å². The van der Waals surface area contributed by atoms with E-state index in [1.54, 1.807) is 13.4 Å². The van der Waals surface area contributed by atoms with Gasteiger partial charge in [-0.05, 0) is 57.3 Å². The number of methoxy groups -OCH3 is 1. The molecule has 0 aromatic carbocycles. The minimum absolute atomic E-state index is 0. The van der Waals surface area contributed by atoms with E-state index in [0.717, 1.165) is 83.3 Å². The number of nitrogens with one attached hydrogen (secondary N) is 2. The highest BCUT2D eigenvalue weighted by molar-refractivity contribution is 14.0. The second kappa shape index (κ2) is 15.1. The molecule has 1 aromatic rings. The summed E-state index contributed by atoms with van der Waals surface area (Å²) >= 11 is 0. The number of likely N-dealkylation sites (tertiary alicyclic amines) is 2. The number of rotatable bonds is 11. The molecule has 0 radical (unpaired) electrons. The quantitative estimate of drug-likeness (QED) is 0.192. The minimum atomic E-state index is 0. The van der Waals surface area contributed by atoms with Crippen LogP contribution in [0, 0.1) is 0 Å². The number of nitrogens with zero attached hydrogens (tertiary/aromatic N) is 3. The number of hydrogen-bond acceptors (Lipinski definition) is 5. The lowest BCUT2D eigenvalue weighted by atomic mass is 10.1. The van der Waals surface area contributed by atoms with Gasteiger partial charge in [0, 0.05) is 58.4 Å². The maximum Gasteiger partial charge on any atom is 0.191 e. The molecular weight excluding hydrogens is 505 g/mol. The maximum absolute atomic E-state index is 5.47. The van der Waals surface area contributed by atoms with Crippen molar-refractivity contribution in [3.8, 4) is 0 Å². The van der Waals surface area contributed by atoms with Crippen molar-refractivity contribution in [2.24, 2.45) is 4.99 Å². The Labute approximate surface area is 205 Å². The fourth-order valence-electron chi connectivity index (χ4n) is 4.55. The number of hydrogen-bond donors (Lipinski definition) is 2. The largest absolute Gasteiger partial charge is 0.469 e. The summed E-state index contributed by atoms with van der Waals surface area (Å²) < 4.78 is 10.6. The Kier molecular flexibility index (Phi) is 12.8. The number of likely N-dealkylation sites (N-methyl/N-ethyl adjacent to an activating group) is 1. The van der Waals surface area contributed by atoms with Gasteiger partial charge in [0.2, 0.25) is 0 Å². The second-order valence-electron chi connectivity index (χ2n) is 8.48. The summed E-state index contributed by atoms with van der Waals surface area (Å²) in [5.41, 5.74) is 0. The smallest absolute Gasteiger partial charge is 0.191 e. The lowest BCUT2D eigenvalue weighted by Gasteiger charge is -2.33. The lowest BCUT2D eigenvalue weighted by Crippen LogP contribution is -2.49. The van der Waals surface area contributed by atoms with Crippen LogP contribution in [0.5, 0.6) is 0 Å². The van der Waals surface area contributed by atoms with Crippen LogP contribution in [0.3, 0.4) is 0 Å². The average Bonchev–Trinajstić information content (AvgIpc) is 3.45. The molecule has 2 fully saturated rings. The van der Waals surface area contributed by atoms with Crippen LogP contribution >= 0.6 is 24.0 Å². The van der Waals surface area contributed by atoms with E-state index in [2.05, 4.69) is 27.4 Å². The summed E-state index contributed by atoms with van der Waals surface area (Å²) in [6, 6.07) is 5.05. The lowest BCUT2D eigenvalue weighted by molar-refractivity contribution is 0.155. The molecule has 2 aliphatic rings. The third-order valence-electron chi connectivity index (χ3n) is 6.36. The predicted octanol–water partition coefficient (Wildman–Crippen LogP) is 2.96. The van der Waals surface area contributed by atoms with Crippen molar-refractivity contribution >= 4 is 29.9 Å². The van der Waals surface area contributed by atoms with Crippen LogP contribution in [0.1, 0.15) is 44.8 Å². The maximum atomic E-state index is 5.47. The SMILES string of the molecule is CCN1CCCC1CN=C(NCCc1ccco1)NC1CCN(CCCOC)CC1.I. The first kappa shape index (κ1) is 26.4.